The quantitative estimate of drug-likeness (QED) is 0.711. The van der Waals surface area contributed by atoms with Crippen molar-refractivity contribution in [2.24, 2.45) is 0 Å². The van der Waals surface area contributed by atoms with E-state index in [1.807, 2.05) is 26.0 Å². The van der Waals surface area contributed by atoms with Crippen molar-refractivity contribution in [2.75, 3.05) is 0 Å². The van der Waals surface area contributed by atoms with E-state index in [2.05, 4.69) is 0 Å². The van der Waals surface area contributed by atoms with E-state index >= 15 is 0 Å². The average Bonchev–Trinajstić information content (AvgIpc) is 2.54. The molecule has 0 N–H and O–H groups in total. The first kappa shape index (κ1) is 11.6. The highest BCUT2D eigenvalue weighted by molar-refractivity contribution is 5.70. The van der Waals surface area contributed by atoms with Gasteiger partial charge in [0.2, 0.25) is 0 Å². The van der Waals surface area contributed by atoms with Crippen LogP contribution < -0.4 is 0 Å². The highest BCUT2D eigenvalue weighted by Crippen LogP contribution is 2.08. The third-order valence-electron chi connectivity index (χ3n) is 2.22. The first-order chi connectivity index (χ1) is 7.27. The van der Waals surface area contributed by atoms with Gasteiger partial charge >= 0.3 is 6.09 Å². The van der Waals surface area contributed by atoms with Crippen LogP contribution in [0, 0.1) is 0 Å². The molecule has 0 aromatic heterocycles. The number of carbonyl (C=O) groups is 1. The van der Waals surface area contributed by atoms with Crippen molar-refractivity contribution in [3.05, 3.63) is 36.7 Å². The van der Waals surface area contributed by atoms with E-state index in [0.717, 1.165) is 12.8 Å². The van der Waals surface area contributed by atoms with Gasteiger partial charge in [-0.1, -0.05) is 26.0 Å². The van der Waals surface area contributed by atoms with Gasteiger partial charge in [-0.2, -0.15) is 0 Å². The lowest BCUT2D eigenvalue weighted by Crippen LogP contribution is -2.26. The summed E-state index contributed by atoms with van der Waals surface area (Å²) < 4.78 is 5.30. The van der Waals surface area contributed by atoms with Crippen LogP contribution in [0.15, 0.2) is 36.7 Å². The minimum Gasteiger partial charge on any atom is -0.446 e. The molecule has 1 heterocycles. The van der Waals surface area contributed by atoms with Crippen molar-refractivity contribution in [1.82, 2.24) is 4.90 Å². The van der Waals surface area contributed by atoms with Crippen LogP contribution in [0.25, 0.3) is 0 Å². The summed E-state index contributed by atoms with van der Waals surface area (Å²) in [6.45, 7) is 4.02. The molecule has 0 aliphatic carbocycles. The first-order valence-electron chi connectivity index (χ1n) is 5.28. The Morgan fingerprint density at radius 1 is 1.13 bits per heavy atom. The van der Waals surface area contributed by atoms with Crippen molar-refractivity contribution in [3.63, 3.8) is 0 Å². The lowest BCUT2D eigenvalue weighted by molar-refractivity contribution is 0.0780. The maximum Gasteiger partial charge on any atom is 0.418 e. The fourth-order valence-electron chi connectivity index (χ4n) is 1.24. The Bertz CT molecular complexity index is 272. The predicted octanol–water partition coefficient (Wildman–Crippen LogP) is 3.21. The summed E-state index contributed by atoms with van der Waals surface area (Å²) >= 11 is 0. The first-order valence-corrected chi connectivity index (χ1v) is 5.28. The molecule has 1 aliphatic rings. The van der Waals surface area contributed by atoms with Crippen LogP contribution in [-0.2, 0) is 4.74 Å². The van der Waals surface area contributed by atoms with E-state index in [4.69, 9.17) is 4.74 Å². The highest BCUT2D eigenvalue weighted by atomic mass is 16.6. The Labute approximate surface area is 90.7 Å². The third kappa shape index (κ3) is 3.62. The topological polar surface area (TPSA) is 29.5 Å². The van der Waals surface area contributed by atoms with Gasteiger partial charge in [-0.05, 0) is 25.0 Å². The monoisotopic (exact) mass is 207 g/mol. The molecule has 1 rings (SSSR count). The van der Waals surface area contributed by atoms with Crippen molar-refractivity contribution in [3.8, 4) is 0 Å². The molecule has 0 aromatic rings. The van der Waals surface area contributed by atoms with Crippen molar-refractivity contribution in [2.45, 2.75) is 32.8 Å². The van der Waals surface area contributed by atoms with Gasteiger partial charge in [0.1, 0.15) is 6.10 Å². The zero-order valence-electron chi connectivity index (χ0n) is 9.22. The molecule has 1 aliphatic heterocycles. The number of rotatable bonds is 3. The molecular weight excluding hydrogens is 190 g/mol. The van der Waals surface area contributed by atoms with E-state index in [0.29, 0.717) is 0 Å². The lowest BCUT2D eigenvalue weighted by atomic mass is 10.2. The molecule has 0 aromatic carbocycles. The number of nitrogens with zero attached hydrogens (tertiary/aromatic N) is 1. The van der Waals surface area contributed by atoms with E-state index in [1.165, 1.54) is 4.90 Å². The largest absolute Gasteiger partial charge is 0.446 e. The van der Waals surface area contributed by atoms with Crippen LogP contribution in [-0.4, -0.2) is 17.1 Å². The average molecular weight is 207 g/mol. The molecule has 0 fully saturated rings. The normalized spacial score (nSPS) is 14.5. The van der Waals surface area contributed by atoms with Gasteiger partial charge in [-0.25, -0.2) is 4.79 Å². The van der Waals surface area contributed by atoms with Gasteiger partial charge in [-0.3, -0.25) is 4.90 Å². The molecule has 0 saturated heterocycles. The Kier molecular flexibility index (Phi) is 4.68. The van der Waals surface area contributed by atoms with Crippen molar-refractivity contribution >= 4 is 6.09 Å². The maximum absolute atomic E-state index is 11.7. The molecule has 0 bridgehead atoms. The van der Waals surface area contributed by atoms with Crippen LogP contribution in [0.3, 0.4) is 0 Å². The molecule has 0 spiro atoms. The second-order valence-corrected chi connectivity index (χ2v) is 3.30. The Hall–Kier alpha value is -1.51. The standard InChI is InChI=1S/C12H17NO2/c1-3-11(4-2)15-12(14)13-9-7-5-6-8-10-13/h5-11H,3-4H2,1-2H3. The SMILES string of the molecule is CCC(CC)OC(=O)N1C=CC=CC=C1. The minimum absolute atomic E-state index is 0.00973. The fourth-order valence-corrected chi connectivity index (χ4v) is 1.24. The maximum atomic E-state index is 11.7. The minimum atomic E-state index is -0.320. The van der Waals surface area contributed by atoms with Gasteiger partial charge in [0.25, 0.3) is 0 Å². The van der Waals surface area contributed by atoms with Gasteiger partial charge in [0, 0.05) is 12.4 Å². The number of carbonyl (C=O) groups excluding carboxylic acids is 1. The summed E-state index contributed by atoms with van der Waals surface area (Å²) in [6, 6.07) is 0. The Morgan fingerprint density at radius 3 is 2.13 bits per heavy atom. The fraction of sp³-hybridized carbons (Fsp3) is 0.417. The molecule has 0 unspecified atom stereocenters. The van der Waals surface area contributed by atoms with Gasteiger partial charge in [-0.15, -0.1) is 0 Å². The van der Waals surface area contributed by atoms with Gasteiger partial charge in [0.05, 0.1) is 0 Å². The number of hydrogen-bond acceptors (Lipinski definition) is 2. The molecule has 0 radical (unpaired) electrons. The number of ether oxygens (including phenoxy) is 1. The number of hydrogen-bond donors (Lipinski definition) is 0. The van der Waals surface area contributed by atoms with Gasteiger partial charge < -0.3 is 4.74 Å². The number of amides is 1. The summed E-state index contributed by atoms with van der Waals surface area (Å²) in [4.78, 5) is 13.1. The number of allylic oxidation sites excluding steroid dienone is 4. The van der Waals surface area contributed by atoms with E-state index in [9.17, 15) is 4.79 Å². The second-order valence-electron chi connectivity index (χ2n) is 3.30. The molecule has 15 heavy (non-hydrogen) atoms. The second kappa shape index (κ2) is 6.06. The zero-order chi connectivity index (χ0) is 11.1. The van der Waals surface area contributed by atoms with E-state index in [-0.39, 0.29) is 12.2 Å². The predicted molar refractivity (Wildman–Crippen MR) is 60.1 cm³/mol. The highest BCUT2D eigenvalue weighted by Gasteiger charge is 2.14. The molecule has 0 atom stereocenters. The summed E-state index contributed by atoms with van der Waals surface area (Å²) in [7, 11) is 0. The molecule has 3 nitrogen and oxygen atoms in total. The molecular formula is C12H17NO2. The van der Waals surface area contributed by atoms with Crippen molar-refractivity contribution < 1.29 is 9.53 Å². The third-order valence-corrected chi connectivity index (χ3v) is 2.22. The molecule has 3 heteroatoms. The van der Waals surface area contributed by atoms with E-state index in [1.54, 1.807) is 24.6 Å². The van der Waals surface area contributed by atoms with Crippen LogP contribution in [0.5, 0.6) is 0 Å². The Morgan fingerprint density at radius 2 is 1.67 bits per heavy atom. The summed E-state index contributed by atoms with van der Waals surface area (Å²) in [5, 5.41) is 0. The molecule has 0 saturated carbocycles. The molecule has 82 valence electrons. The molecule has 1 amide bonds. The van der Waals surface area contributed by atoms with Crippen LogP contribution >= 0.6 is 0 Å². The summed E-state index contributed by atoms with van der Waals surface area (Å²) in [6.07, 6.45) is 12.1. The van der Waals surface area contributed by atoms with Crippen LogP contribution in [0.4, 0.5) is 4.79 Å². The Balaban J connectivity index is 2.53. The van der Waals surface area contributed by atoms with Gasteiger partial charge in [0.15, 0.2) is 0 Å². The van der Waals surface area contributed by atoms with Crippen LogP contribution in [0.1, 0.15) is 26.7 Å². The smallest absolute Gasteiger partial charge is 0.418 e. The zero-order valence-corrected chi connectivity index (χ0v) is 9.22. The van der Waals surface area contributed by atoms with Crippen LogP contribution in [0.2, 0.25) is 0 Å². The summed E-state index contributed by atoms with van der Waals surface area (Å²) in [5.41, 5.74) is 0. The lowest BCUT2D eigenvalue weighted by Gasteiger charge is -2.18. The van der Waals surface area contributed by atoms with Crippen molar-refractivity contribution in [1.29, 1.82) is 0 Å². The summed E-state index contributed by atoms with van der Waals surface area (Å²) in [5.74, 6) is 0. The van der Waals surface area contributed by atoms with E-state index < -0.39 is 0 Å².